The number of benzene rings is 1. The Bertz CT molecular complexity index is 741. The monoisotopic (exact) mass is 397 g/mol. The molecule has 2 aliphatic heterocycles. The Hall–Kier alpha value is -2.37. The molecule has 0 aromatic heterocycles. The molecule has 156 valence electrons. The Kier molecular flexibility index (Phi) is 6.16. The fourth-order valence-corrected chi connectivity index (χ4v) is 4.35. The summed E-state index contributed by atoms with van der Waals surface area (Å²) in [7, 11) is 0. The molecule has 2 saturated heterocycles. The van der Waals surface area contributed by atoms with Gasteiger partial charge in [0, 0.05) is 49.3 Å². The van der Waals surface area contributed by atoms with Gasteiger partial charge in [0.15, 0.2) is 0 Å². The Morgan fingerprint density at radius 3 is 1.93 bits per heavy atom. The number of piperidine rings is 1. The SMILES string of the molecule is O=C(Nc1ccc(C(=O)N2CCC(C(=O)N3CCCCCC3)CC2)cc1)C1CC1. The molecule has 3 fully saturated rings. The number of carbonyl (C=O) groups is 3. The number of carbonyl (C=O) groups excluding carboxylic acids is 3. The van der Waals surface area contributed by atoms with Crippen molar-refractivity contribution >= 4 is 23.4 Å². The molecule has 3 aliphatic rings. The molecule has 2 heterocycles. The highest BCUT2D eigenvalue weighted by Gasteiger charge is 2.31. The predicted octanol–water partition coefficient (Wildman–Crippen LogP) is 3.29. The molecule has 1 aromatic rings. The molecule has 1 aliphatic carbocycles. The molecule has 1 N–H and O–H groups in total. The van der Waals surface area contributed by atoms with Gasteiger partial charge < -0.3 is 15.1 Å². The Morgan fingerprint density at radius 2 is 1.34 bits per heavy atom. The standard InChI is InChI=1S/C23H31N3O3/c27-21(17-5-6-17)24-20-9-7-18(8-10-20)22(28)26-15-11-19(12-16-26)23(29)25-13-3-1-2-4-14-25/h7-10,17,19H,1-6,11-16H2,(H,24,27). The number of amides is 3. The third kappa shape index (κ3) is 4.98. The average molecular weight is 398 g/mol. The van der Waals surface area contributed by atoms with Crippen LogP contribution in [0.2, 0.25) is 0 Å². The second-order valence-corrected chi connectivity index (χ2v) is 8.65. The van der Waals surface area contributed by atoms with Crippen molar-refractivity contribution < 1.29 is 14.4 Å². The summed E-state index contributed by atoms with van der Waals surface area (Å²) in [6.07, 6.45) is 8.10. The highest BCUT2D eigenvalue weighted by molar-refractivity contribution is 5.97. The third-order valence-electron chi connectivity index (χ3n) is 6.40. The largest absolute Gasteiger partial charge is 0.342 e. The summed E-state index contributed by atoms with van der Waals surface area (Å²) in [6, 6.07) is 7.14. The van der Waals surface area contributed by atoms with Gasteiger partial charge in [-0.15, -0.1) is 0 Å². The van der Waals surface area contributed by atoms with Crippen molar-refractivity contribution in [1.29, 1.82) is 0 Å². The zero-order valence-corrected chi connectivity index (χ0v) is 17.1. The molecular formula is C23H31N3O3. The third-order valence-corrected chi connectivity index (χ3v) is 6.40. The first-order chi connectivity index (χ1) is 14.1. The van der Waals surface area contributed by atoms with E-state index >= 15 is 0 Å². The molecule has 0 bridgehead atoms. The van der Waals surface area contributed by atoms with E-state index in [1.807, 2.05) is 9.80 Å². The number of anilines is 1. The molecule has 0 radical (unpaired) electrons. The molecular weight excluding hydrogens is 366 g/mol. The predicted molar refractivity (Wildman–Crippen MR) is 111 cm³/mol. The van der Waals surface area contributed by atoms with E-state index in [0.29, 0.717) is 18.7 Å². The molecule has 0 spiro atoms. The lowest BCUT2D eigenvalue weighted by Crippen LogP contribution is -2.44. The Balaban J connectivity index is 1.28. The van der Waals surface area contributed by atoms with Gasteiger partial charge in [0.05, 0.1) is 0 Å². The van der Waals surface area contributed by atoms with Crippen LogP contribution in [0.15, 0.2) is 24.3 Å². The second-order valence-electron chi connectivity index (χ2n) is 8.65. The van der Waals surface area contributed by atoms with Gasteiger partial charge in [-0.2, -0.15) is 0 Å². The maximum atomic E-state index is 12.8. The van der Waals surface area contributed by atoms with Gasteiger partial charge in [-0.05, 0) is 62.8 Å². The zero-order chi connectivity index (χ0) is 20.2. The summed E-state index contributed by atoms with van der Waals surface area (Å²) in [5, 5.41) is 2.90. The lowest BCUT2D eigenvalue weighted by Gasteiger charge is -2.34. The van der Waals surface area contributed by atoms with E-state index < -0.39 is 0 Å². The Labute approximate surface area is 172 Å². The van der Waals surface area contributed by atoms with Crippen molar-refractivity contribution in [2.45, 2.75) is 51.4 Å². The van der Waals surface area contributed by atoms with Gasteiger partial charge in [0.1, 0.15) is 0 Å². The van der Waals surface area contributed by atoms with Crippen LogP contribution in [0.1, 0.15) is 61.7 Å². The van der Waals surface area contributed by atoms with Crippen LogP contribution >= 0.6 is 0 Å². The number of hydrogen-bond donors (Lipinski definition) is 1. The van der Waals surface area contributed by atoms with Crippen LogP contribution in [-0.4, -0.2) is 53.7 Å². The molecule has 29 heavy (non-hydrogen) atoms. The van der Waals surface area contributed by atoms with Gasteiger partial charge >= 0.3 is 0 Å². The first-order valence-electron chi connectivity index (χ1n) is 11.1. The normalized spacial score (nSPS) is 20.8. The minimum atomic E-state index is 0.00532. The van der Waals surface area contributed by atoms with Crippen LogP contribution in [-0.2, 0) is 9.59 Å². The fraction of sp³-hybridized carbons (Fsp3) is 0.609. The van der Waals surface area contributed by atoms with Crippen LogP contribution in [0.25, 0.3) is 0 Å². The summed E-state index contributed by atoms with van der Waals surface area (Å²) >= 11 is 0. The number of nitrogens with zero attached hydrogens (tertiary/aromatic N) is 2. The molecule has 4 rings (SSSR count). The van der Waals surface area contributed by atoms with Crippen molar-refractivity contribution in [3.05, 3.63) is 29.8 Å². The van der Waals surface area contributed by atoms with Crippen LogP contribution in [0.5, 0.6) is 0 Å². The molecule has 1 aromatic carbocycles. The smallest absolute Gasteiger partial charge is 0.253 e. The molecule has 0 unspecified atom stereocenters. The first kappa shape index (κ1) is 19.9. The summed E-state index contributed by atoms with van der Waals surface area (Å²) < 4.78 is 0. The van der Waals surface area contributed by atoms with Gasteiger partial charge in [-0.3, -0.25) is 14.4 Å². The van der Waals surface area contributed by atoms with E-state index in [1.165, 1.54) is 12.8 Å². The number of hydrogen-bond acceptors (Lipinski definition) is 3. The number of nitrogens with one attached hydrogen (secondary N) is 1. The van der Waals surface area contributed by atoms with E-state index in [-0.39, 0.29) is 29.6 Å². The summed E-state index contributed by atoms with van der Waals surface area (Å²) in [6.45, 7) is 3.04. The lowest BCUT2D eigenvalue weighted by atomic mass is 9.94. The zero-order valence-electron chi connectivity index (χ0n) is 17.1. The van der Waals surface area contributed by atoms with Crippen molar-refractivity contribution in [2.24, 2.45) is 11.8 Å². The van der Waals surface area contributed by atoms with Gasteiger partial charge in [-0.1, -0.05) is 12.8 Å². The van der Waals surface area contributed by atoms with Crippen molar-refractivity contribution in [3.8, 4) is 0 Å². The van der Waals surface area contributed by atoms with Crippen molar-refractivity contribution in [2.75, 3.05) is 31.5 Å². The van der Waals surface area contributed by atoms with Gasteiger partial charge in [0.2, 0.25) is 11.8 Å². The van der Waals surface area contributed by atoms with Crippen LogP contribution in [0, 0.1) is 11.8 Å². The van der Waals surface area contributed by atoms with E-state index in [4.69, 9.17) is 0 Å². The maximum absolute atomic E-state index is 12.8. The summed E-state index contributed by atoms with van der Waals surface area (Å²) in [4.78, 5) is 41.4. The quantitative estimate of drug-likeness (QED) is 0.848. The second kappa shape index (κ2) is 8.97. The average Bonchev–Trinajstić information content (AvgIpc) is 3.61. The molecule has 0 atom stereocenters. The molecule has 6 nitrogen and oxygen atoms in total. The molecule has 1 saturated carbocycles. The summed E-state index contributed by atoms with van der Waals surface area (Å²) in [5.41, 5.74) is 1.37. The van der Waals surface area contributed by atoms with E-state index in [9.17, 15) is 14.4 Å². The number of likely N-dealkylation sites (tertiary alicyclic amines) is 2. The van der Waals surface area contributed by atoms with Gasteiger partial charge in [-0.25, -0.2) is 0 Å². The fourth-order valence-electron chi connectivity index (χ4n) is 4.35. The number of rotatable bonds is 4. The topological polar surface area (TPSA) is 69.7 Å². The van der Waals surface area contributed by atoms with Gasteiger partial charge in [0.25, 0.3) is 5.91 Å². The first-order valence-corrected chi connectivity index (χ1v) is 11.1. The molecule has 6 heteroatoms. The van der Waals surface area contributed by atoms with E-state index in [2.05, 4.69) is 5.32 Å². The van der Waals surface area contributed by atoms with Crippen LogP contribution in [0.4, 0.5) is 5.69 Å². The van der Waals surface area contributed by atoms with Crippen LogP contribution in [0.3, 0.4) is 0 Å². The highest BCUT2D eigenvalue weighted by atomic mass is 16.2. The van der Waals surface area contributed by atoms with Crippen molar-refractivity contribution in [1.82, 2.24) is 9.80 Å². The van der Waals surface area contributed by atoms with E-state index in [0.717, 1.165) is 57.3 Å². The minimum Gasteiger partial charge on any atom is -0.342 e. The van der Waals surface area contributed by atoms with Crippen LogP contribution < -0.4 is 5.32 Å². The Morgan fingerprint density at radius 1 is 0.724 bits per heavy atom. The minimum absolute atomic E-state index is 0.00532. The van der Waals surface area contributed by atoms with Crippen molar-refractivity contribution in [3.63, 3.8) is 0 Å². The van der Waals surface area contributed by atoms with E-state index in [1.54, 1.807) is 24.3 Å². The summed E-state index contributed by atoms with van der Waals surface area (Å²) in [5.74, 6) is 0.576. The molecule has 3 amide bonds. The lowest BCUT2D eigenvalue weighted by molar-refractivity contribution is -0.136. The maximum Gasteiger partial charge on any atom is 0.253 e. The highest BCUT2D eigenvalue weighted by Crippen LogP contribution is 2.30.